The van der Waals surface area contributed by atoms with E-state index in [1.807, 2.05) is 31.2 Å². The lowest BCUT2D eigenvalue weighted by Crippen LogP contribution is -2.12. The summed E-state index contributed by atoms with van der Waals surface area (Å²) in [5.41, 5.74) is 4.61. The van der Waals surface area contributed by atoms with Gasteiger partial charge in [0.15, 0.2) is 0 Å². The number of rotatable bonds is 6. The Balaban J connectivity index is 2.36. The summed E-state index contributed by atoms with van der Waals surface area (Å²) in [6.07, 6.45) is 8.82. The van der Waals surface area contributed by atoms with Crippen molar-refractivity contribution in [2.75, 3.05) is 6.61 Å². The summed E-state index contributed by atoms with van der Waals surface area (Å²) in [6, 6.07) is 8.22. The Labute approximate surface area is 132 Å². The Morgan fingerprint density at radius 3 is 2.64 bits per heavy atom. The van der Waals surface area contributed by atoms with E-state index < -0.39 is 0 Å². The van der Waals surface area contributed by atoms with Crippen molar-refractivity contribution in [2.24, 2.45) is 0 Å². The monoisotopic (exact) mass is 294 g/mol. The van der Waals surface area contributed by atoms with Crippen molar-refractivity contribution >= 4 is 11.5 Å². The molecule has 0 spiro atoms. The average molecular weight is 294 g/mol. The van der Waals surface area contributed by atoms with E-state index in [0.717, 1.165) is 17.6 Å². The van der Waals surface area contributed by atoms with Gasteiger partial charge in [0.1, 0.15) is 6.61 Å². The Morgan fingerprint density at radius 2 is 1.95 bits per heavy atom. The van der Waals surface area contributed by atoms with E-state index >= 15 is 0 Å². The maximum Gasteiger partial charge on any atom is 0.305 e. The van der Waals surface area contributed by atoms with Crippen LogP contribution in [0.5, 0.6) is 0 Å². The van der Waals surface area contributed by atoms with Crippen LogP contribution in [0.3, 0.4) is 0 Å². The summed E-state index contributed by atoms with van der Waals surface area (Å²) < 4.78 is 5.46. The second-order valence-corrected chi connectivity index (χ2v) is 5.25. The lowest BCUT2D eigenvalue weighted by Gasteiger charge is -2.14. The van der Waals surface area contributed by atoms with Gasteiger partial charge in [0.05, 0.1) is 0 Å². The standard InChI is InChI=1S/C20H22O2/c1-4-9-15-16(10-5-2)19(14-22-20(21)11-6-3)18-13-8-7-12-17(15)18/h4-5,7-10,12-13,19H,1-2,6,11,14H2,3H3/b15-9+,16-10+. The van der Waals surface area contributed by atoms with E-state index in [2.05, 4.69) is 25.3 Å². The van der Waals surface area contributed by atoms with Gasteiger partial charge in [-0.25, -0.2) is 0 Å². The summed E-state index contributed by atoms with van der Waals surface area (Å²) in [5.74, 6) is -0.0831. The molecule has 1 aromatic rings. The number of esters is 1. The maximum atomic E-state index is 11.7. The maximum absolute atomic E-state index is 11.7. The molecule has 2 rings (SSSR count). The van der Waals surface area contributed by atoms with Crippen LogP contribution in [0, 0.1) is 0 Å². The van der Waals surface area contributed by atoms with Gasteiger partial charge < -0.3 is 4.74 Å². The number of hydrogen-bond donors (Lipinski definition) is 0. The van der Waals surface area contributed by atoms with Crippen molar-refractivity contribution in [2.45, 2.75) is 25.7 Å². The van der Waals surface area contributed by atoms with E-state index in [1.54, 1.807) is 12.2 Å². The molecule has 22 heavy (non-hydrogen) atoms. The molecule has 0 bridgehead atoms. The molecular weight excluding hydrogens is 272 g/mol. The van der Waals surface area contributed by atoms with Crippen LogP contribution in [0.4, 0.5) is 0 Å². The highest BCUT2D eigenvalue weighted by Gasteiger charge is 2.31. The Kier molecular flexibility index (Phi) is 5.54. The van der Waals surface area contributed by atoms with Crippen molar-refractivity contribution in [3.63, 3.8) is 0 Å². The summed E-state index contributed by atoms with van der Waals surface area (Å²) in [5, 5.41) is 0. The molecule has 0 amide bonds. The normalized spacial score (nSPS) is 20.0. The summed E-state index contributed by atoms with van der Waals surface area (Å²) in [4.78, 5) is 11.7. The third-order valence-electron chi connectivity index (χ3n) is 3.76. The van der Waals surface area contributed by atoms with Crippen molar-refractivity contribution in [3.05, 3.63) is 78.4 Å². The van der Waals surface area contributed by atoms with Gasteiger partial charge in [-0.1, -0.05) is 68.7 Å². The quantitative estimate of drug-likeness (QED) is 0.704. The molecule has 114 valence electrons. The third-order valence-corrected chi connectivity index (χ3v) is 3.76. The first-order chi connectivity index (χ1) is 10.7. The van der Waals surface area contributed by atoms with E-state index in [0.29, 0.717) is 13.0 Å². The SMILES string of the molecule is C=C/C=C1\C(=C/C=C)c2ccccc2C1COC(=O)CCC. The van der Waals surface area contributed by atoms with Crippen LogP contribution in [0.25, 0.3) is 5.57 Å². The molecule has 0 fully saturated rings. The molecule has 1 unspecified atom stereocenters. The van der Waals surface area contributed by atoms with Crippen LogP contribution in [0.2, 0.25) is 0 Å². The number of allylic oxidation sites excluding steroid dienone is 5. The molecule has 0 saturated carbocycles. The van der Waals surface area contributed by atoms with Gasteiger partial charge in [0.2, 0.25) is 0 Å². The van der Waals surface area contributed by atoms with Crippen LogP contribution in [-0.2, 0) is 9.53 Å². The summed E-state index contributed by atoms with van der Waals surface area (Å²) in [6.45, 7) is 9.94. The number of carbonyl (C=O) groups excluding carboxylic acids is 1. The van der Waals surface area contributed by atoms with Crippen molar-refractivity contribution in [1.82, 2.24) is 0 Å². The van der Waals surface area contributed by atoms with Gasteiger partial charge >= 0.3 is 5.97 Å². The number of benzene rings is 1. The number of fused-ring (bicyclic) bond motifs is 1. The average Bonchev–Trinajstić information content (AvgIpc) is 2.80. The predicted molar refractivity (Wildman–Crippen MR) is 91.5 cm³/mol. The highest BCUT2D eigenvalue weighted by Crippen LogP contribution is 2.45. The zero-order valence-electron chi connectivity index (χ0n) is 13.0. The molecule has 0 aromatic heterocycles. The van der Waals surface area contributed by atoms with Crippen LogP contribution in [0.15, 0.2) is 67.3 Å². The summed E-state index contributed by atoms with van der Waals surface area (Å²) in [7, 11) is 0. The van der Waals surface area contributed by atoms with Crippen molar-refractivity contribution in [3.8, 4) is 0 Å². The fourth-order valence-electron chi connectivity index (χ4n) is 2.83. The predicted octanol–water partition coefficient (Wildman–Crippen LogP) is 4.81. The van der Waals surface area contributed by atoms with Crippen LogP contribution >= 0.6 is 0 Å². The molecule has 1 aromatic carbocycles. The molecule has 1 atom stereocenters. The number of carbonyl (C=O) groups is 1. The topological polar surface area (TPSA) is 26.3 Å². The first-order valence-electron chi connectivity index (χ1n) is 7.63. The molecule has 0 radical (unpaired) electrons. The van der Waals surface area contributed by atoms with Gasteiger partial charge in [-0.15, -0.1) is 0 Å². The van der Waals surface area contributed by atoms with Crippen LogP contribution < -0.4 is 0 Å². The fraction of sp³-hybridized carbons (Fsp3) is 0.250. The Hall–Kier alpha value is -2.35. The molecular formula is C20H22O2. The fourth-order valence-corrected chi connectivity index (χ4v) is 2.83. The van der Waals surface area contributed by atoms with Gasteiger partial charge in [0, 0.05) is 12.3 Å². The van der Waals surface area contributed by atoms with Crippen LogP contribution in [-0.4, -0.2) is 12.6 Å². The van der Waals surface area contributed by atoms with Crippen LogP contribution in [0.1, 0.15) is 36.8 Å². The molecule has 1 aliphatic carbocycles. The van der Waals surface area contributed by atoms with Gasteiger partial charge in [-0.3, -0.25) is 4.79 Å². The number of hydrogen-bond acceptors (Lipinski definition) is 2. The largest absolute Gasteiger partial charge is 0.465 e. The van der Waals surface area contributed by atoms with E-state index in [9.17, 15) is 4.79 Å². The van der Waals surface area contributed by atoms with Gasteiger partial charge in [0.25, 0.3) is 0 Å². The Morgan fingerprint density at radius 1 is 1.23 bits per heavy atom. The van der Waals surface area contributed by atoms with E-state index in [1.165, 1.54) is 11.1 Å². The second kappa shape index (κ2) is 7.60. The molecule has 0 N–H and O–H groups in total. The molecule has 0 saturated heterocycles. The Bertz CT molecular complexity index is 635. The minimum absolute atomic E-state index is 0.0567. The molecule has 2 heteroatoms. The first kappa shape index (κ1) is 16.0. The van der Waals surface area contributed by atoms with Crippen molar-refractivity contribution < 1.29 is 9.53 Å². The van der Waals surface area contributed by atoms with Crippen molar-refractivity contribution in [1.29, 1.82) is 0 Å². The lowest BCUT2D eigenvalue weighted by atomic mass is 9.97. The third kappa shape index (κ3) is 3.28. The second-order valence-electron chi connectivity index (χ2n) is 5.25. The molecule has 0 aliphatic heterocycles. The minimum Gasteiger partial charge on any atom is -0.465 e. The molecule has 1 aliphatic rings. The zero-order valence-corrected chi connectivity index (χ0v) is 13.0. The zero-order chi connectivity index (χ0) is 15.9. The number of ether oxygens (including phenoxy) is 1. The lowest BCUT2D eigenvalue weighted by molar-refractivity contribution is -0.143. The van der Waals surface area contributed by atoms with Gasteiger partial charge in [-0.2, -0.15) is 0 Å². The minimum atomic E-state index is -0.140. The summed E-state index contributed by atoms with van der Waals surface area (Å²) >= 11 is 0. The first-order valence-corrected chi connectivity index (χ1v) is 7.63. The smallest absolute Gasteiger partial charge is 0.305 e. The molecule has 0 heterocycles. The highest BCUT2D eigenvalue weighted by molar-refractivity contribution is 5.89. The van der Waals surface area contributed by atoms with E-state index in [4.69, 9.17) is 4.74 Å². The van der Waals surface area contributed by atoms with E-state index in [-0.39, 0.29) is 11.9 Å². The highest BCUT2D eigenvalue weighted by atomic mass is 16.5. The molecule has 2 nitrogen and oxygen atoms in total. The van der Waals surface area contributed by atoms with Gasteiger partial charge in [-0.05, 0) is 28.7 Å².